The lowest BCUT2D eigenvalue weighted by Crippen LogP contribution is -2.27. The van der Waals surface area contributed by atoms with Crippen LogP contribution in [-0.2, 0) is 6.42 Å². The van der Waals surface area contributed by atoms with E-state index >= 15 is 0 Å². The second-order valence-electron chi connectivity index (χ2n) is 5.36. The fourth-order valence-corrected chi connectivity index (χ4v) is 1.86. The molecular weight excluding hydrogens is 270 g/mol. The fraction of sp³-hybridized carbons (Fsp3) is 0.571. The van der Waals surface area contributed by atoms with Gasteiger partial charge in [-0.15, -0.1) is 10.2 Å². The topological polar surface area (TPSA) is 96.7 Å². The van der Waals surface area contributed by atoms with Crippen LogP contribution in [0.5, 0.6) is 0 Å². The maximum atomic E-state index is 12.1. The molecule has 0 aromatic carbocycles. The van der Waals surface area contributed by atoms with Crippen LogP contribution in [0.4, 0.5) is 0 Å². The molecule has 0 fully saturated rings. The third-order valence-electron chi connectivity index (χ3n) is 3.05. The van der Waals surface area contributed by atoms with Gasteiger partial charge in [0.05, 0.1) is 0 Å². The number of aromatic amines is 1. The van der Waals surface area contributed by atoms with Gasteiger partial charge in [-0.2, -0.15) is 5.10 Å². The third kappa shape index (κ3) is 3.68. The molecule has 114 valence electrons. The number of carbonyl (C=O) groups excluding carboxylic acids is 1. The Kier molecular flexibility index (Phi) is 4.72. The predicted octanol–water partition coefficient (Wildman–Crippen LogP) is 2.36. The highest BCUT2D eigenvalue weighted by Crippen LogP contribution is 2.17. The van der Waals surface area contributed by atoms with Crippen molar-refractivity contribution in [2.24, 2.45) is 0 Å². The quantitative estimate of drug-likeness (QED) is 0.851. The summed E-state index contributed by atoms with van der Waals surface area (Å²) in [6.45, 7) is 7.82. The van der Waals surface area contributed by atoms with Gasteiger partial charge in [0, 0.05) is 11.6 Å². The van der Waals surface area contributed by atoms with Crippen molar-refractivity contribution >= 4 is 5.91 Å². The summed E-state index contributed by atoms with van der Waals surface area (Å²) in [5, 5.41) is 17.6. The van der Waals surface area contributed by atoms with E-state index in [2.05, 4.69) is 32.6 Å². The van der Waals surface area contributed by atoms with Gasteiger partial charge in [-0.3, -0.25) is 9.89 Å². The van der Waals surface area contributed by atoms with E-state index < -0.39 is 0 Å². The van der Waals surface area contributed by atoms with E-state index in [0.717, 1.165) is 18.5 Å². The first-order valence-electron chi connectivity index (χ1n) is 7.19. The molecular formula is C14H21N5O2. The molecule has 2 rings (SSSR count). The summed E-state index contributed by atoms with van der Waals surface area (Å²) in [5.41, 5.74) is 1.32. The number of H-pyrrole nitrogens is 1. The van der Waals surface area contributed by atoms with Crippen LogP contribution in [0.3, 0.4) is 0 Å². The van der Waals surface area contributed by atoms with Gasteiger partial charge in [0.2, 0.25) is 11.8 Å². The highest BCUT2D eigenvalue weighted by Gasteiger charge is 2.19. The van der Waals surface area contributed by atoms with Gasteiger partial charge in [-0.05, 0) is 19.4 Å². The van der Waals surface area contributed by atoms with Gasteiger partial charge in [0.1, 0.15) is 11.7 Å². The van der Waals surface area contributed by atoms with E-state index in [0.29, 0.717) is 17.5 Å². The Morgan fingerprint density at radius 2 is 2.05 bits per heavy atom. The molecule has 7 nitrogen and oxygen atoms in total. The minimum Gasteiger partial charge on any atom is -0.423 e. The first-order chi connectivity index (χ1) is 10.0. The summed E-state index contributed by atoms with van der Waals surface area (Å²) >= 11 is 0. The Morgan fingerprint density at radius 3 is 2.67 bits per heavy atom. The SMILES string of the molecule is CCCc1cc(C(=O)N[C@@H](C)c2nnc(C(C)C)o2)n[nH]1. The number of aromatic nitrogens is 4. The van der Waals surface area contributed by atoms with E-state index in [1.807, 2.05) is 13.8 Å². The highest BCUT2D eigenvalue weighted by atomic mass is 16.4. The number of hydrogen-bond acceptors (Lipinski definition) is 5. The van der Waals surface area contributed by atoms with Crippen molar-refractivity contribution in [3.63, 3.8) is 0 Å². The average Bonchev–Trinajstić information content (AvgIpc) is 3.07. The predicted molar refractivity (Wildman–Crippen MR) is 76.9 cm³/mol. The van der Waals surface area contributed by atoms with Crippen LogP contribution in [0.2, 0.25) is 0 Å². The van der Waals surface area contributed by atoms with Crippen LogP contribution in [0.1, 0.15) is 74.0 Å². The van der Waals surface area contributed by atoms with E-state index in [9.17, 15) is 4.79 Å². The molecule has 0 aliphatic carbocycles. The zero-order valence-electron chi connectivity index (χ0n) is 12.8. The van der Waals surface area contributed by atoms with E-state index in [-0.39, 0.29) is 17.9 Å². The Bertz CT molecular complexity index is 602. The number of carbonyl (C=O) groups is 1. The Balaban J connectivity index is 2.00. The number of amides is 1. The van der Waals surface area contributed by atoms with Crippen LogP contribution in [0, 0.1) is 0 Å². The number of nitrogens with one attached hydrogen (secondary N) is 2. The molecule has 1 atom stereocenters. The lowest BCUT2D eigenvalue weighted by molar-refractivity contribution is 0.0928. The molecule has 0 radical (unpaired) electrons. The summed E-state index contributed by atoms with van der Waals surface area (Å²) < 4.78 is 5.52. The Hall–Kier alpha value is -2.18. The van der Waals surface area contributed by atoms with E-state index in [1.165, 1.54) is 0 Å². The lowest BCUT2D eigenvalue weighted by Gasteiger charge is -2.08. The standard InChI is InChI=1S/C14H21N5O2/c1-5-6-10-7-11(17-16-10)12(20)15-9(4)14-19-18-13(21-14)8(2)3/h7-9H,5-6H2,1-4H3,(H,15,20)(H,16,17)/t9-/m0/s1. The van der Waals surface area contributed by atoms with Crippen molar-refractivity contribution in [2.45, 2.75) is 52.5 Å². The number of aryl methyl sites for hydroxylation is 1. The van der Waals surface area contributed by atoms with Crippen LogP contribution in [-0.4, -0.2) is 26.3 Å². The second-order valence-corrected chi connectivity index (χ2v) is 5.36. The smallest absolute Gasteiger partial charge is 0.272 e. The molecule has 2 aromatic rings. The molecule has 21 heavy (non-hydrogen) atoms. The van der Waals surface area contributed by atoms with Crippen LogP contribution in [0.15, 0.2) is 10.5 Å². The van der Waals surface area contributed by atoms with Crippen LogP contribution >= 0.6 is 0 Å². The Labute approximate surface area is 123 Å². The third-order valence-corrected chi connectivity index (χ3v) is 3.05. The second kappa shape index (κ2) is 6.51. The van der Waals surface area contributed by atoms with Crippen molar-refractivity contribution < 1.29 is 9.21 Å². The summed E-state index contributed by atoms with van der Waals surface area (Å²) in [7, 11) is 0. The van der Waals surface area contributed by atoms with Gasteiger partial charge in [-0.25, -0.2) is 0 Å². The first-order valence-corrected chi connectivity index (χ1v) is 7.19. The summed E-state index contributed by atoms with van der Waals surface area (Å²) in [4.78, 5) is 12.1. The van der Waals surface area contributed by atoms with Crippen LogP contribution < -0.4 is 5.32 Å². The molecule has 0 aliphatic rings. The molecule has 1 amide bonds. The van der Waals surface area contributed by atoms with Crippen LogP contribution in [0.25, 0.3) is 0 Å². The van der Waals surface area contributed by atoms with Crippen molar-refractivity contribution in [1.82, 2.24) is 25.7 Å². The highest BCUT2D eigenvalue weighted by molar-refractivity contribution is 5.92. The maximum absolute atomic E-state index is 12.1. The van der Waals surface area contributed by atoms with E-state index in [4.69, 9.17) is 4.42 Å². The molecule has 0 saturated carbocycles. The maximum Gasteiger partial charge on any atom is 0.272 e. The van der Waals surface area contributed by atoms with Crippen molar-refractivity contribution in [2.75, 3.05) is 0 Å². The van der Waals surface area contributed by atoms with Gasteiger partial charge >= 0.3 is 0 Å². The van der Waals surface area contributed by atoms with E-state index in [1.54, 1.807) is 13.0 Å². The molecule has 0 spiro atoms. The normalized spacial score (nSPS) is 12.6. The van der Waals surface area contributed by atoms with Gasteiger partial charge in [-0.1, -0.05) is 27.2 Å². The molecule has 2 aromatic heterocycles. The van der Waals surface area contributed by atoms with Crippen molar-refractivity contribution in [1.29, 1.82) is 0 Å². The monoisotopic (exact) mass is 291 g/mol. The molecule has 0 aliphatic heterocycles. The minimum atomic E-state index is -0.358. The average molecular weight is 291 g/mol. The molecule has 0 unspecified atom stereocenters. The zero-order chi connectivity index (χ0) is 15.4. The number of rotatable bonds is 6. The first kappa shape index (κ1) is 15.2. The largest absolute Gasteiger partial charge is 0.423 e. The van der Waals surface area contributed by atoms with Gasteiger partial charge in [0.15, 0.2) is 0 Å². The number of nitrogens with zero attached hydrogens (tertiary/aromatic N) is 3. The van der Waals surface area contributed by atoms with Gasteiger partial charge < -0.3 is 9.73 Å². The minimum absolute atomic E-state index is 0.164. The zero-order valence-corrected chi connectivity index (χ0v) is 12.8. The Morgan fingerprint density at radius 1 is 1.33 bits per heavy atom. The van der Waals surface area contributed by atoms with Crippen molar-refractivity contribution in [3.05, 3.63) is 29.2 Å². The molecule has 0 bridgehead atoms. The van der Waals surface area contributed by atoms with Gasteiger partial charge in [0.25, 0.3) is 5.91 Å². The fourth-order valence-electron chi connectivity index (χ4n) is 1.86. The molecule has 2 N–H and O–H groups in total. The number of hydrogen-bond donors (Lipinski definition) is 2. The molecule has 7 heteroatoms. The summed E-state index contributed by atoms with van der Waals surface area (Å²) in [5.74, 6) is 0.870. The lowest BCUT2D eigenvalue weighted by atomic mass is 10.2. The molecule has 2 heterocycles. The molecule has 0 saturated heterocycles. The summed E-state index contributed by atoms with van der Waals surface area (Å²) in [6.07, 6.45) is 1.87. The van der Waals surface area contributed by atoms with Crippen molar-refractivity contribution in [3.8, 4) is 0 Å². The summed E-state index contributed by atoms with van der Waals surface area (Å²) in [6, 6.07) is 1.41.